The van der Waals surface area contributed by atoms with Crippen LogP contribution >= 0.6 is 0 Å². The predicted molar refractivity (Wildman–Crippen MR) is 247 cm³/mol. The number of nitrogens with one attached hydrogen (secondary N) is 1. The minimum Gasteiger partial charge on any atom is -0.543 e. The summed E-state index contributed by atoms with van der Waals surface area (Å²) in [5.74, 6) is 2.06. The lowest BCUT2D eigenvalue weighted by Gasteiger charge is -2.42. The topological polar surface area (TPSA) is 60.0 Å². The molecule has 2 aliphatic rings. The van der Waals surface area contributed by atoms with E-state index in [4.69, 9.17) is 13.6 Å². The van der Waals surface area contributed by atoms with Crippen molar-refractivity contribution in [2.75, 3.05) is 31.6 Å². The Balaban J connectivity index is 1.49. The Hall–Kier alpha value is -3.34. The summed E-state index contributed by atoms with van der Waals surface area (Å²) in [5, 5.41) is 3.32. The number of allylic oxidation sites excluding steroid dienone is 1. The third kappa shape index (κ3) is 9.44. The van der Waals surface area contributed by atoms with Crippen LogP contribution in [0.25, 0.3) is 11.1 Å². The van der Waals surface area contributed by atoms with Gasteiger partial charge in [-0.1, -0.05) is 115 Å². The number of rotatable bonds is 18. The number of likely N-dealkylation sites (tertiary alicyclic amines) is 1. The van der Waals surface area contributed by atoms with E-state index >= 15 is 0 Å². The van der Waals surface area contributed by atoms with E-state index in [1.54, 1.807) is 0 Å². The third-order valence-electron chi connectivity index (χ3n) is 13.3. The van der Waals surface area contributed by atoms with Crippen LogP contribution in [0, 0.1) is 0 Å². The maximum atomic E-state index is 14.8. The number of carbonyl (C=O) groups is 1. The molecule has 312 valence electrons. The fraction of sp³-hybridized carbons (Fsp3) is 0.571. The number of nitrogens with zero attached hydrogens (tertiary/aromatic N) is 1. The molecule has 1 unspecified atom stereocenters. The van der Waals surface area contributed by atoms with E-state index in [0.29, 0.717) is 39.9 Å². The third-order valence-corrected chi connectivity index (χ3v) is 25.3. The molecule has 0 saturated carbocycles. The van der Waals surface area contributed by atoms with Gasteiger partial charge in [0.25, 0.3) is 16.6 Å². The van der Waals surface area contributed by atoms with Crippen LogP contribution in [0.5, 0.6) is 17.2 Å². The second-order valence-corrected chi connectivity index (χ2v) is 29.3. The summed E-state index contributed by atoms with van der Waals surface area (Å²) < 4.78 is 20.4. The van der Waals surface area contributed by atoms with Gasteiger partial charge in [-0.25, -0.2) is 0 Å². The van der Waals surface area contributed by atoms with Crippen molar-refractivity contribution < 1.29 is 18.4 Å². The van der Waals surface area contributed by atoms with Crippen molar-refractivity contribution in [2.45, 2.75) is 155 Å². The van der Waals surface area contributed by atoms with Crippen LogP contribution in [0.15, 0.2) is 66.7 Å². The molecule has 57 heavy (non-hydrogen) atoms. The summed E-state index contributed by atoms with van der Waals surface area (Å²) in [6.07, 6.45) is 4.69. The van der Waals surface area contributed by atoms with Gasteiger partial charge in [0.1, 0.15) is 23.9 Å². The number of amides is 1. The molecule has 3 aromatic rings. The number of ether oxygens (including phenoxy) is 1. The molecule has 6 nitrogen and oxygen atoms in total. The molecule has 1 aliphatic carbocycles. The summed E-state index contributed by atoms with van der Waals surface area (Å²) in [4.78, 5) is 17.3. The second-order valence-electron chi connectivity index (χ2n) is 18.6. The highest BCUT2D eigenvalue weighted by molar-refractivity contribution is 6.78. The summed E-state index contributed by atoms with van der Waals surface area (Å²) in [6, 6.07) is 23.0. The lowest BCUT2D eigenvalue weighted by molar-refractivity contribution is -0.116. The van der Waals surface area contributed by atoms with Crippen molar-refractivity contribution in [3.05, 3.63) is 83.4 Å². The van der Waals surface area contributed by atoms with Crippen molar-refractivity contribution in [3.8, 4) is 17.2 Å². The van der Waals surface area contributed by atoms with E-state index in [2.05, 4.69) is 143 Å². The molecule has 5 rings (SSSR count). The van der Waals surface area contributed by atoms with Gasteiger partial charge < -0.3 is 18.9 Å². The number of piperidine rings is 1. The Labute approximate surface area is 348 Å². The SMILES string of the molecule is CCC1=C(c2ccc(O[Si](C(C)C)(C(C)C)C(C)C)cc2)C(C(=O)Nc2ccc(OCCN3CCCCC3)cc2)c2cc(O[Si](C(C)C)(C(C)C)C(C)C)ccc21. The normalized spacial score (nSPS) is 16.7. The van der Waals surface area contributed by atoms with Crippen molar-refractivity contribution >= 4 is 39.4 Å². The highest BCUT2D eigenvalue weighted by Crippen LogP contribution is 2.51. The van der Waals surface area contributed by atoms with E-state index < -0.39 is 22.6 Å². The number of anilines is 1. The smallest absolute Gasteiger partial charge is 0.258 e. The quantitative estimate of drug-likeness (QED) is 0.130. The Kier molecular flexibility index (Phi) is 15.0. The molecule has 1 aliphatic heterocycles. The van der Waals surface area contributed by atoms with Crippen LogP contribution in [0.4, 0.5) is 5.69 Å². The van der Waals surface area contributed by atoms with Gasteiger partial charge in [-0.15, -0.1) is 0 Å². The van der Waals surface area contributed by atoms with E-state index in [9.17, 15) is 4.79 Å². The predicted octanol–water partition coefficient (Wildman–Crippen LogP) is 13.7. The molecule has 1 fully saturated rings. The zero-order chi connectivity index (χ0) is 41.7. The molecule has 0 radical (unpaired) electrons. The van der Waals surface area contributed by atoms with Crippen LogP contribution in [0.3, 0.4) is 0 Å². The van der Waals surface area contributed by atoms with Crippen LogP contribution in [0.2, 0.25) is 33.2 Å². The lowest BCUT2D eigenvalue weighted by atomic mass is 9.89. The summed E-state index contributed by atoms with van der Waals surface area (Å²) in [7, 11) is -4.37. The van der Waals surface area contributed by atoms with E-state index in [1.165, 1.54) is 24.8 Å². The zero-order valence-electron chi connectivity index (χ0n) is 37.6. The van der Waals surface area contributed by atoms with Crippen molar-refractivity contribution in [2.24, 2.45) is 0 Å². The molecular formula is C49H74N2O4Si2. The number of carbonyl (C=O) groups excluding carboxylic acids is 1. The van der Waals surface area contributed by atoms with Crippen molar-refractivity contribution in [3.63, 3.8) is 0 Å². The number of benzene rings is 3. The second kappa shape index (κ2) is 19.2. The van der Waals surface area contributed by atoms with Gasteiger partial charge in [0.2, 0.25) is 5.91 Å². The Morgan fingerprint density at radius 2 is 1.16 bits per heavy atom. The molecular weight excluding hydrogens is 737 g/mol. The van der Waals surface area contributed by atoms with E-state index in [-0.39, 0.29) is 5.91 Å². The average Bonchev–Trinajstić information content (AvgIpc) is 3.50. The molecule has 1 saturated heterocycles. The first-order chi connectivity index (χ1) is 27.1. The number of hydrogen-bond acceptors (Lipinski definition) is 5. The monoisotopic (exact) mass is 811 g/mol. The van der Waals surface area contributed by atoms with Gasteiger partial charge in [-0.2, -0.15) is 0 Å². The average molecular weight is 811 g/mol. The standard InChI is InChI=1S/C49H74N2O4Si2/c1-14-44-45-27-26-43(55-57(36(8)9,37(10)11)38(12)13)32-46(45)48(47(44)39-18-22-42(23-19-39)54-56(33(2)3,34(4)5)35(6)7)49(52)50-40-20-24-41(25-21-40)53-31-30-51-28-16-15-17-29-51/h18-27,32-38,48H,14-17,28-31H2,1-13H3,(H,50,52). The Morgan fingerprint density at radius 3 is 1.67 bits per heavy atom. The highest BCUT2D eigenvalue weighted by atomic mass is 28.4. The Bertz CT molecular complexity index is 1760. The molecule has 0 bridgehead atoms. The maximum Gasteiger partial charge on any atom is 0.258 e. The van der Waals surface area contributed by atoms with Gasteiger partial charge in [0.05, 0.1) is 5.92 Å². The van der Waals surface area contributed by atoms with Gasteiger partial charge in [0.15, 0.2) is 0 Å². The largest absolute Gasteiger partial charge is 0.543 e. The van der Waals surface area contributed by atoms with Gasteiger partial charge in [-0.05, 0) is 142 Å². The first-order valence-corrected chi connectivity index (χ1v) is 26.5. The molecule has 1 N–H and O–H groups in total. The molecule has 0 spiro atoms. The first-order valence-electron chi connectivity index (χ1n) is 22.2. The summed E-state index contributed by atoms with van der Waals surface area (Å²) in [5.41, 5.74) is 8.96. The maximum absolute atomic E-state index is 14.8. The minimum absolute atomic E-state index is 0.0446. The molecule has 1 amide bonds. The van der Waals surface area contributed by atoms with Crippen LogP contribution in [0.1, 0.15) is 138 Å². The lowest BCUT2D eigenvalue weighted by Crippen LogP contribution is -2.50. The van der Waals surface area contributed by atoms with Crippen LogP contribution in [-0.2, 0) is 4.79 Å². The van der Waals surface area contributed by atoms with E-state index in [0.717, 1.165) is 71.3 Å². The van der Waals surface area contributed by atoms with Crippen LogP contribution in [-0.4, -0.2) is 53.7 Å². The molecule has 0 aromatic heterocycles. The highest BCUT2D eigenvalue weighted by Gasteiger charge is 2.48. The van der Waals surface area contributed by atoms with E-state index in [1.807, 2.05) is 24.3 Å². The van der Waals surface area contributed by atoms with Gasteiger partial charge >= 0.3 is 0 Å². The Morgan fingerprint density at radius 1 is 0.667 bits per heavy atom. The first kappa shape index (κ1) is 44.8. The fourth-order valence-corrected chi connectivity index (χ4v) is 21.2. The van der Waals surface area contributed by atoms with Crippen molar-refractivity contribution in [1.82, 2.24) is 4.90 Å². The molecule has 1 heterocycles. The van der Waals surface area contributed by atoms with Crippen molar-refractivity contribution in [1.29, 1.82) is 0 Å². The van der Waals surface area contributed by atoms with Crippen LogP contribution < -0.4 is 18.9 Å². The summed E-state index contributed by atoms with van der Waals surface area (Å²) in [6.45, 7) is 34.0. The molecule has 8 heteroatoms. The minimum atomic E-state index is -2.23. The molecule has 3 aromatic carbocycles. The summed E-state index contributed by atoms with van der Waals surface area (Å²) >= 11 is 0. The number of fused-ring (bicyclic) bond motifs is 1. The number of hydrogen-bond donors (Lipinski definition) is 1. The fourth-order valence-electron chi connectivity index (χ4n) is 10.7. The van der Waals surface area contributed by atoms with Gasteiger partial charge in [0, 0.05) is 12.2 Å². The van der Waals surface area contributed by atoms with Gasteiger partial charge in [-0.3, -0.25) is 9.69 Å². The zero-order valence-corrected chi connectivity index (χ0v) is 39.6. The molecule has 1 atom stereocenters.